The lowest BCUT2D eigenvalue weighted by Crippen LogP contribution is -2.41. The topological polar surface area (TPSA) is 79.8 Å². The van der Waals surface area contributed by atoms with Crippen LogP contribution < -0.4 is 0 Å². The molecular weight excluding hydrogens is 306 g/mol. The Morgan fingerprint density at radius 1 is 1.50 bits per heavy atom. The van der Waals surface area contributed by atoms with Crippen molar-refractivity contribution in [3.05, 3.63) is 41.7 Å². The Balaban J connectivity index is 1.79. The molecule has 3 heterocycles. The molecule has 120 valence electrons. The monoisotopic (exact) mass is 325 g/mol. The maximum absolute atomic E-state index is 12.8. The molecule has 0 bridgehead atoms. The third-order valence-electron chi connectivity index (χ3n) is 3.83. The molecule has 0 aromatic carbocycles. The first kappa shape index (κ1) is 15.3. The minimum absolute atomic E-state index is 0.182. The lowest BCUT2D eigenvalue weighted by atomic mass is 10.2. The Kier molecular flexibility index (Phi) is 4.07. The van der Waals surface area contributed by atoms with E-state index in [1.54, 1.807) is 32.4 Å². The van der Waals surface area contributed by atoms with Crippen LogP contribution in [0, 0.1) is 6.92 Å². The van der Waals surface area contributed by atoms with Gasteiger partial charge in [-0.2, -0.15) is 17.0 Å². The summed E-state index contributed by atoms with van der Waals surface area (Å²) in [6.07, 6.45) is 3.16. The van der Waals surface area contributed by atoms with Gasteiger partial charge in [0.1, 0.15) is 11.5 Å². The van der Waals surface area contributed by atoms with E-state index in [-0.39, 0.29) is 12.6 Å². The van der Waals surface area contributed by atoms with E-state index >= 15 is 0 Å². The summed E-state index contributed by atoms with van der Waals surface area (Å²) in [5, 5.41) is 3.85. The molecule has 1 aliphatic heterocycles. The smallest absolute Gasteiger partial charge is 0.282 e. The molecule has 1 atom stereocenters. The predicted octanol–water partition coefficient (Wildman–Crippen LogP) is 2.09. The number of rotatable bonds is 5. The van der Waals surface area contributed by atoms with Gasteiger partial charge in [-0.1, -0.05) is 5.16 Å². The van der Waals surface area contributed by atoms with Gasteiger partial charge in [0.15, 0.2) is 0 Å². The summed E-state index contributed by atoms with van der Waals surface area (Å²) in [6.45, 7) is 2.45. The Hall–Kier alpha value is -1.64. The van der Waals surface area contributed by atoms with Crippen molar-refractivity contribution in [2.45, 2.75) is 32.4 Å². The number of hydrogen-bond acceptors (Lipinski definition) is 5. The fraction of sp³-hybridized carbons (Fsp3) is 0.500. The Labute approximate surface area is 129 Å². The van der Waals surface area contributed by atoms with Crippen molar-refractivity contribution in [1.29, 1.82) is 0 Å². The van der Waals surface area contributed by atoms with E-state index < -0.39 is 10.2 Å². The van der Waals surface area contributed by atoms with Crippen LogP contribution in [0.5, 0.6) is 0 Å². The maximum atomic E-state index is 12.8. The van der Waals surface area contributed by atoms with Gasteiger partial charge >= 0.3 is 0 Å². The molecule has 1 fully saturated rings. The third kappa shape index (κ3) is 2.81. The first-order valence-electron chi connectivity index (χ1n) is 7.17. The van der Waals surface area contributed by atoms with Crippen LogP contribution in [0.15, 0.2) is 33.4 Å². The van der Waals surface area contributed by atoms with Gasteiger partial charge < -0.3 is 8.94 Å². The summed E-state index contributed by atoms with van der Waals surface area (Å²) < 4.78 is 38.8. The van der Waals surface area contributed by atoms with Crippen molar-refractivity contribution >= 4 is 10.2 Å². The number of aryl methyl sites for hydroxylation is 1. The largest absolute Gasteiger partial charge is 0.468 e. The van der Waals surface area contributed by atoms with Crippen LogP contribution in [-0.2, 0) is 16.8 Å². The van der Waals surface area contributed by atoms with E-state index in [0.717, 1.165) is 12.8 Å². The van der Waals surface area contributed by atoms with Crippen molar-refractivity contribution in [2.24, 2.45) is 0 Å². The molecule has 0 aliphatic carbocycles. The lowest BCUT2D eigenvalue weighted by Gasteiger charge is -2.27. The van der Waals surface area contributed by atoms with Crippen LogP contribution in [0.25, 0.3) is 0 Å². The summed E-state index contributed by atoms with van der Waals surface area (Å²) >= 11 is 0. The van der Waals surface area contributed by atoms with E-state index in [1.165, 1.54) is 8.61 Å². The second-order valence-electron chi connectivity index (χ2n) is 5.48. The molecule has 3 rings (SSSR count). The Bertz CT molecular complexity index is 723. The number of aromatic nitrogens is 1. The lowest BCUT2D eigenvalue weighted by molar-refractivity contribution is 0.308. The summed E-state index contributed by atoms with van der Waals surface area (Å²) in [4.78, 5) is 0. The number of furan rings is 1. The van der Waals surface area contributed by atoms with E-state index in [9.17, 15) is 8.42 Å². The normalized spacial score (nSPS) is 20.0. The van der Waals surface area contributed by atoms with Crippen molar-refractivity contribution in [3.8, 4) is 0 Å². The highest BCUT2D eigenvalue weighted by Crippen LogP contribution is 2.35. The average Bonchev–Trinajstić information content (AvgIpc) is 3.18. The summed E-state index contributed by atoms with van der Waals surface area (Å²) in [5.74, 6) is 1.35. The quantitative estimate of drug-likeness (QED) is 0.841. The SMILES string of the molecule is Cc1cc(CN(C)S(=O)(=O)N2CCCC2c2ccco2)no1. The molecule has 1 saturated heterocycles. The molecule has 0 spiro atoms. The molecular formula is C14H19N3O4S. The van der Waals surface area contributed by atoms with Crippen LogP contribution in [-0.4, -0.2) is 35.8 Å². The van der Waals surface area contributed by atoms with Gasteiger partial charge in [-0.25, -0.2) is 0 Å². The van der Waals surface area contributed by atoms with Gasteiger partial charge in [-0.05, 0) is 31.9 Å². The Morgan fingerprint density at radius 2 is 2.32 bits per heavy atom. The van der Waals surface area contributed by atoms with E-state index in [4.69, 9.17) is 8.94 Å². The first-order chi connectivity index (χ1) is 10.5. The fourth-order valence-electron chi connectivity index (χ4n) is 2.76. The summed E-state index contributed by atoms with van der Waals surface area (Å²) in [7, 11) is -2.03. The molecule has 2 aromatic heterocycles. The molecule has 8 heteroatoms. The highest BCUT2D eigenvalue weighted by atomic mass is 32.2. The minimum Gasteiger partial charge on any atom is -0.468 e. The zero-order valence-corrected chi connectivity index (χ0v) is 13.4. The van der Waals surface area contributed by atoms with Crippen molar-refractivity contribution in [2.75, 3.05) is 13.6 Å². The standard InChI is InChI=1S/C14H19N3O4S/c1-11-9-12(15-21-11)10-16(2)22(18,19)17-7-3-5-13(17)14-6-4-8-20-14/h4,6,8-9,13H,3,5,7,10H2,1-2H3. The van der Waals surface area contributed by atoms with E-state index in [0.29, 0.717) is 23.8 Å². The van der Waals surface area contributed by atoms with Crippen molar-refractivity contribution in [3.63, 3.8) is 0 Å². The predicted molar refractivity (Wildman–Crippen MR) is 79.0 cm³/mol. The molecule has 7 nitrogen and oxygen atoms in total. The summed E-state index contributed by atoms with van der Waals surface area (Å²) in [5.41, 5.74) is 0.595. The number of nitrogens with zero attached hydrogens (tertiary/aromatic N) is 3. The van der Waals surface area contributed by atoms with Gasteiger partial charge in [-0.15, -0.1) is 0 Å². The highest BCUT2D eigenvalue weighted by Gasteiger charge is 2.39. The molecule has 0 N–H and O–H groups in total. The molecule has 22 heavy (non-hydrogen) atoms. The van der Waals surface area contributed by atoms with Crippen LogP contribution in [0.2, 0.25) is 0 Å². The van der Waals surface area contributed by atoms with Crippen LogP contribution in [0.4, 0.5) is 0 Å². The second kappa shape index (κ2) is 5.86. The Morgan fingerprint density at radius 3 is 2.95 bits per heavy atom. The van der Waals surface area contributed by atoms with Gasteiger partial charge in [0.2, 0.25) is 0 Å². The van der Waals surface area contributed by atoms with Crippen molar-refractivity contribution in [1.82, 2.24) is 13.8 Å². The fourth-order valence-corrected chi connectivity index (χ4v) is 4.31. The van der Waals surface area contributed by atoms with Crippen LogP contribution in [0.3, 0.4) is 0 Å². The molecule has 1 aliphatic rings. The molecule has 2 aromatic rings. The summed E-state index contributed by atoms with van der Waals surface area (Å²) in [6, 6.07) is 5.10. The van der Waals surface area contributed by atoms with Crippen molar-refractivity contribution < 1.29 is 17.4 Å². The third-order valence-corrected chi connectivity index (χ3v) is 5.77. The average molecular weight is 325 g/mol. The molecule has 0 radical (unpaired) electrons. The molecule has 1 unspecified atom stereocenters. The highest BCUT2D eigenvalue weighted by molar-refractivity contribution is 7.86. The molecule has 0 saturated carbocycles. The first-order valence-corrected chi connectivity index (χ1v) is 8.57. The zero-order chi connectivity index (χ0) is 15.7. The van der Waals surface area contributed by atoms with E-state index in [2.05, 4.69) is 5.16 Å². The number of hydrogen-bond donors (Lipinski definition) is 0. The minimum atomic E-state index is -3.58. The van der Waals surface area contributed by atoms with Crippen LogP contribution >= 0.6 is 0 Å². The zero-order valence-electron chi connectivity index (χ0n) is 12.6. The van der Waals surface area contributed by atoms with Gasteiger partial charge in [0.25, 0.3) is 10.2 Å². The van der Waals surface area contributed by atoms with Gasteiger partial charge in [-0.3, -0.25) is 0 Å². The van der Waals surface area contributed by atoms with Gasteiger partial charge in [0, 0.05) is 19.7 Å². The maximum Gasteiger partial charge on any atom is 0.282 e. The van der Waals surface area contributed by atoms with Crippen LogP contribution in [0.1, 0.15) is 36.1 Å². The molecule has 0 amide bonds. The second-order valence-corrected chi connectivity index (χ2v) is 7.46. The van der Waals surface area contributed by atoms with E-state index in [1.807, 2.05) is 6.07 Å². The van der Waals surface area contributed by atoms with Gasteiger partial charge in [0.05, 0.1) is 24.5 Å².